The zero-order valence-corrected chi connectivity index (χ0v) is 8.14. The van der Waals surface area contributed by atoms with E-state index in [9.17, 15) is 4.39 Å². The van der Waals surface area contributed by atoms with Crippen LogP contribution in [0.15, 0.2) is 24.3 Å². The van der Waals surface area contributed by atoms with Gasteiger partial charge in [-0.3, -0.25) is 0 Å². The number of thiocarbonyl (C=S) groups is 1. The van der Waals surface area contributed by atoms with Crippen LogP contribution in [0, 0.1) is 5.82 Å². The molecule has 0 aliphatic rings. The van der Waals surface area contributed by atoms with Crippen LogP contribution in [0.25, 0.3) is 0 Å². The van der Waals surface area contributed by atoms with Crippen LogP contribution >= 0.6 is 24.0 Å². The van der Waals surface area contributed by atoms with Crippen LogP contribution in [0.3, 0.4) is 0 Å². The highest BCUT2D eigenvalue weighted by atomic mass is 32.2. The highest BCUT2D eigenvalue weighted by Crippen LogP contribution is 2.11. The van der Waals surface area contributed by atoms with Crippen LogP contribution in [-0.4, -0.2) is 10.6 Å². The highest BCUT2D eigenvalue weighted by Gasteiger charge is 1.96. The van der Waals surface area contributed by atoms with E-state index in [1.807, 2.05) is 6.26 Å². The van der Waals surface area contributed by atoms with E-state index in [4.69, 9.17) is 12.2 Å². The quantitative estimate of drug-likeness (QED) is 0.702. The van der Waals surface area contributed by atoms with Crippen molar-refractivity contribution in [3.05, 3.63) is 30.1 Å². The molecular formula is C8H8FNS2. The number of nitrogens with one attached hydrogen (secondary N) is 1. The zero-order valence-electron chi connectivity index (χ0n) is 6.50. The summed E-state index contributed by atoms with van der Waals surface area (Å²) >= 11 is 6.33. The van der Waals surface area contributed by atoms with E-state index in [1.165, 1.54) is 23.9 Å². The zero-order chi connectivity index (χ0) is 8.97. The molecule has 0 spiro atoms. The Balaban J connectivity index is 2.69. The fourth-order valence-corrected chi connectivity index (χ4v) is 1.07. The molecule has 0 bridgehead atoms. The number of anilines is 1. The Kier molecular flexibility index (Phi) is 3.49. The molecule has 1 rings (SSSR count). The van der Waals surface area contributed by atoms with Crippen molar-refractivity contribution in [2.75, 3.05) is 11.6 Å². The van der Waals surface area contributed by atoms with Gasteiger partial charge in [-0.05, 0) is 24.5 Å². The second-order valence-electron chi connectivity index (χ2n) is 2.13. The molecule has 1 aromatic rings. The van der Waals surface area contributed by atoms with Crippen molar-refractivity contribution in [3.63, 3.8) is 0 Å². The first-order valence-corrected chi connectivity index (χ1v) is 4.96. The van der Waals surface area contributed by atoms with Crippen molar-refractivity contribution >= 4 is 34.0 Å². The number of rotatable bonds is 1. The fourth-order valence-electron chi connectivity index (χ4n) is 0.735. The van der Waals surface area contributed by atoms with Gasteiger partial charge in [0, 0.05) is 5.69 Å². The molecule has 0 amide bonds. The van der Waals surface area contributed by atoms with Crippen LogP contribution in [0.2, 0.25) is 0 Å². The highest BCUT2D eigenvalue weighted by molar-refractivity contribution is 8.22. The maximum atomic E-state index is 12.6. The summed E-state index contributed by atoms with van der Waals surface area (Å²) in [7, 11) is 0. The van der Waals surface area contributed by atoms with Gasteiger partial charge in [-0.1, -0.05) is 18.3 Å². The van der Waals surface area contributed by atoms with Gasteiger partial charge >= 0.3 is 0 Å². The van der Waals surface area contributed by atoms with Crippen LogP contribution in [-0.2, 0) is 0 Å². The Hall–Kier alpha value is -0.610. The Morgan fingerprint density at radius 3 is 2.92 bits per heavy atom. The van der Waals surface area contributed by atoms with Crippen LogP contribution < -0.4 is 5.32 Å². The van der Waals surface area contributed by atoms with Crippen molar-refractivity contribution in [1.82, 2.24) is 0 Å². The molecule has 0 fully saturated rings. The van der Waals surface area contributed by atoms with E-state index < -0.39 is 0 Å². The predicted molar refractivity (Wildman–Crippen MR) is 56.1 cm³/mol. The number of benzene rings is 1. The van der Waals surface area contributed by atoms with Gasteiger partial charge in [0.15, 0.2) is 0 Å². The minimum atomic E-state index is -0.260. The molecule has 1 nitrogen and oxygen atoms in total. The van der Waals surface area contributed by atoms with E-state index in [0.29, 0.717) is 10.0 Å². The molecule has 0 aliphatic heterocycles. The Labute approximate surface area is 80.4 Å². The molecule has 0 aliphatic carbocycles. The Morgan fingerprint density at radius 1 is 1.58 bits per heavy atom. The first kappa shape index (κ1) is 9.48. The maximum Gasteiger partial charge on any atom is 0.137 e. The molecule has 1 aromatic carbocycles. The monoisotopic (exact) mass is 201 g/mol. The van der Waals surface area contributed by atoms with Gasteiger partial charge in [-0.2, -0.15) is 0 Å². The molecule has 0 unspecified atom stereocenters. The lowest BCUT2D eigenvalue weighted by Crippen LogP contribution is -2.03. The maximum absolute atomic E-state index is 12.6. The molecule has 12 heavy (non-hydrogen) atoms. The average molecular weight is 201 g/mol. The lowest BCUT2D eigenvalue weighted by Gasteiger charge is -2.03. The average Bonchev–Trinajstić information content (AvgIpc) is 2.04. The lowest BCUT2D eigenvalue weighted by molar-refractivity contribution is 0.628. The van der Waals surface area contributed by atoms with E-state index in [0.717, 1.165) is 0 Å². The summed E-state index contributed by atoms with van der Waals surface area (Å²) in [5.41, 5.74) is 0.689. The first-order valence-electron chi connectivity index (χ1n) is 3.33. The minimum Gasteiger partial charge on any atom is -0.341 e. The SMILES string of the molecule is CSC(=S)Nc1cccc(F)c1. The largest absolute Gasteiger partial charge is 0.341 e. The fraction of sp³-hybridized carbons (Fsp3) is 0.125. The van der Waals surface area contributed by atoms with Crippen molar-refractivity contribution in [1.29, 1.82) is 0 Å². The van der Waals surface area contributed by atoms with Gasteiger partial charge in [-0.25, -0.2) is 4.39 Å². The van der Waals surface area contributed by atoms with E-state index in [2.05, 4.69) is 5.32 Å². The van der Waals surface area contributed by atoms with Crippen LogP contribution in [0.4, 0.5) is 10.1 Å². The van der Waals surface area contributed by atoms with Gasteiger partial charge in [-0.15, -0.1) is 11.8 Å². The molecular weight excluding hydrogens is 193 g/mol. The molecule has 0 saturated carbocycles. The first-order chi connectivity index (χ1) is 5.72. The van der Waals surface area contributed by atoms with Crippen molar-refractivity contribution in [3.8, 4) is 0 Å². The molecule has 0 aromatic heterocycles. The standard InChI is InChI=1S/C8H8FNS2/c1-12-8(11)10-7-4-2-3-6(9)5-7/h2-5H,1H3,(H,10,11). The molecule has 0 heterocycles. The summed E-state index contributed by atoms with van der Waals surface area (Å²) < 4.78 is 13.3. The number of halogens is 1. The molecule has 4 heteroatoms. The third kappa shape index (κ3) is 2.79. The van der Waals surface area contributed by atoms with Crippen molar-refractivity contribution < 1.29 is 4.39 Å². The summed E-state index contributed by atoms with van der Waals surface area (Å²) in [5, 5.41) is 2.89. The Bertz CT molecular complexity index is 288. The summed E-state index contributed by atoms with van der Waals surface area (Å²) in [5.74, 6) is -0.260. The van der Waals surface area contributed by atoms with Crippen LogP contribution in [0.1, 0.15) is 0 Å². The molecule has 0 saturated heterocycles. The second kappa shape index (κ2) is 4.42. The minimum absolute atomic E-state index is 0.260. The summed E-state index contributed by atoms with van der Waals surface area (Å²) in [4.78, 5) is 0. The Morgan fingerprint density at radius 2 is 2.33 bits per heavy atom. The van der Waals surface area contributed by atoms with E-state index in [-0.39, 0.29) is 5.82 Å². The summed E-state index contributed by atoms with van der Waals surface area (Å²) in [6.07, 6.45) is 1.87. The normalized spacial score (nSPS) is 9.50. The van der Waals surface area contributed by atoms with Gasteiger partial charge in [0.25, 0.3) is 0 Å². The van der Waals surface area contributed by atoms with Crippen molar-refractivity contribution in [2.24, 2.45) is 0 Å². The smallest absolute Gasteiger partial charge is 0.137 e. The number of thioether (sulfide) groups is 1. The van der Waals surface area contributed by atoms with Crippen LogP contribution in [0.5, 0.6) is 0 Å². The summed E-state index contributed by atoms with van der Waals surface area (Å²) in [6.45, 7) is 0. The summed E-state index contributed by atoms with van der Waals surface area (Å²) in [6, 6.07) is 6.21. The third-order valence-corrected chi connectivity index (χ3v) is 2.33. The molecule has 0 atom stereocenters. The van der Waals surface area contributed by atoms with E-state index >= 15 is 0 Å². The van der Waals surface area contributed by atoms with Gasteiger partial charge in [0.05, 0.1) is 0 Å². The van der Waals surface area contributed by atoms with Crippen molar-refractivity contribution in [2.45, 2.75) is 0 Å². The van der Waals surface area contributed by atoms with Gasteiger partial charge in [0.1, 0.15) is 10.1 Å². The van der Waals surface area contributed by atoms with Gasteiger partial charge in [0.2, 0.25) is 0 Å². The lowest BCUT2D eigenvalue weighted by atomic mass is 10.3. The predicted octanol–water partition coefficient (Wildman–Crippen LogP) is 2.89. The van der Waals surface area contributed by atoms with Gasteiger partial charge < -0.3 is 5.32 Å². The number of hydrogen-bond acceptors (Lipinski definition) is 2. The third-order valence-electron chi connectivity index (χ3n) is 1.26. The molecule has 0 radical (unpaired) electrons. The molecule has 1 N–H and O–H groups in total. The topological polar surface area (TPSA) is 12.0 Å². The number of hydrogen-bond donors (Lipinski definition) is 1. The second-order valence-corrected chi connectivity index (χ2v) is 3.61. The molecule has 64 valence electrons. The van der Waals surface area contributed by atoms with E-state index in [1.54, 1.807) is 12.1 Å².